The molecule has 11 nitrogen and oxygen atoms in total. The van der Waals surface area contributed by atoms with Crippen molar-refractivity contribution in [3.05, 3.63) is 0 Å². The number of aliphatic carboxylic acids is 1. The van der Waals surface area contributed by atoms with E-state index in [9.17, 15) is 33.9 Å². The van der Waals surface area contributed by atoms with Crippen LogP contribution in [0.2, 0.25) is 0 Å². The molecule has 11 heteroatoms. The molecule has 4 amide bonds. The average Bonchev–Trinajstić information content (AvgIpc) is 3.44. The Kier molecular flexibility index (Phi) is 13.9. The van der Waals surface area contributed by atoms with Crippen molar-refractivity contribution < 1.29 is 33.9 Å². The molecular weight excluding hydrogens is 612 g/mol. The summed E-state index contributed by atoms with van der Waals surface area (Å²) in [6, 6.07) is -2.86. The standard InChI is InChI=1S/C37H64N4O7/c1-22-15-14-16-23(2)27(22)39-33(48)41-28(36(9,10)11)25(42)19-24(20-26(43)35(6,7)8)30(44)40-29(31(45)38-21-34(3,4)5)37(32(46)47)17-12-13-18-37/h22-24,27-29H,12-21H2,1-11H3,(H,38,45)(H,40,44)(H,46,47)(H2,39,41,48)/t22-,23+,24-,27?,28-,29-/m1/s1. The zero-order valence-corrected chi connectivity index (χ0v) is 31.4. The Balaban J connectivity index is 2.41. The van der Waals surface area contributed by atoms with Crippen molar-refractivity contribution in [2.45, 2.75) is 152 Å². The molecule has 2 fully saturated rings. The predicted octanol–water partition coefficient (Wildman–Crippen LogP) is 5.40. The highest BCUT2D eigenvalue weighted by Crippen LogP contribution is 2.42. The molecule has 0 bridgehead atoms. The van der Waals surface area contributed by atoms with Crippen molar-refractivity contribution in [2.75, 3.05) is 6.54 Å². The molecule has 0 aromatic carbocycles. The summed E-state index contributed by atoms with van der Waals surface area (Å²) in [5.74, 6) is -3.77. The van der Waals surface area contributed by atoms with E-state index in [-0.39, 0.29) is 49.5 Å². The zero-order valence-electron chi connectivity index (χ0n) is 31.4. The van der Waals surface area contributed by atoms with Gasteiger partial charge in [0.25, 0.3) is 0 Å². The molecule has 2 aliphatic rings. The van der Waals surface area contributed by atoms with Crippen molar-refractivity contribution in [3.8, 4) is 0 Å². The van der Waals surface area contributed by atoms with E-state index in [4.69, 9.17) is 0 Å². The van der Waals surface area contributed by atoms with Crippen molar-refractivity contribution in [1.82, 2.24) is 21.3 Å². The molecule has 0 radical (unpaired) electrons. The van der Waals surface area contributed by atoms with Crippen molar-refractivity contribution in [3.63, 3.8) is 0 Å². The third-order valence-electron chi connectivity index (χ3n) is 10.2. The first-order chi connectivity index (χ1) is 21.9. The maximum Gasteiger partial charge on any atom is 0.315 e. The molecule has 0 spiro atoms. The van der Waals surface area contributed by atoms with Gasteiger partial charge in [-0.05, 0) is 48.3 Å². The molecule has 2 saturated carbocycles. The normalized spacial score (nSPS) is 23.3. The van der Waals surface area contributed by atoms with Crippen LogP contribution in [-0.4, -0.2) is 65.2 Å². The van der Waals surface area contributed by atoms with Gasteiger partial charge in [-0.1, -0.05) is 95.4 Å². The van der Waals surface area contributed by atoms with Gasteiger partial charge in [-0.15, -0.1) is 0 Å². The number of carbonyl (C=O) groups excluding carboxylic acids is 5. The van der Waals surface area contributed by atoms with Crippen molar-refractivity contribution in [1.29, 1.82) is 0 Å². The Morgan fingerprint density at radius 2 is 1.31 bits per heavy atom. The van der Waals surface area contributed by atoms with E-state index in [1.165, 1.54) is 0 Å². The van der Waals surface area contributed by atoms with Crippen molar-refractivity contribution >= 4 is 35.4 Å². The van der Waals surface area contributed by atoms with Crippen LogP contribution in [0.25, 0.3) is 0 Å². The third-order valence-corrected chi connectivity index (χ3v) is 10.2. The number of hydrogen-bond acceptors (Lipinski definition) is 6. The summed E-state index contributed by atoms with van der Waals surface area (Å²) < 4.78 is 0. The predicted molar refractivity (Wildman–Crippen MR) is 186 cm³/mol. The summed E-state index contributed by atoms with van der Waals surface area (Å²) in [6.07, 6.45) is 4.08. The topological polar surface area (TPSA) is 171 Å². The van der Waals surface area contributed by atoms with E-state index in [0.29, 0.717) is 24.7 Å². The van der Waals surface area contributed by atoms with Gasteiger partial charge in [-0.2, -0.15) is 0 Å². The average molecular weight is 677 g/mol. The van der Waals surface area contributed by atoms with Gasteiger partial charge < -0.3 is 26.4 Å². The van der Waals surface area contributed by atoms with Crippen LogP contribution in [0.1, 0.15) is 134 Å². The molecule has 0 aromatic heterocycles. The van der Waals surface area contributed by atoms with Crippen LogP contribution in [0.3, 0.4) is 0 Å². The summed E-state index contributed by atoms with van der Waals surface area (Å²) in [5, 5.41) is 21.9. The number of Topliss-reactive ketones (excluding diaryl/α,β-unsaturated/α-hetero) is 2. The fourth-order valence-corrected chi connectivity index (χ4v) is 7.02. The molecule has 2 aliphatic carbocycles. The van der Waals surface area contributed by atoms with Gasteiger partial charge in [-0.3, -0.25) is 24.0 Å². The first kappa shape index (κ1) is 41.2. The van der Waals surface area contributed by atoms with E-state index in [1.54, 1.807) is 20.8 Å². The molecule has 1 unspecified atom stereocenters. The first-order valence-electron chi connectivity index (χ1n) is 17.8. The first-order valence-corrected chi connectivity index (χ1v) is 17.8. The van der Waals surface area contributed by atoms with Gasteiger partial charge in [0.1, 0.15) is 11.8 Å². The molecule has 0 saturated heterocycles. The lowest BCUT2D eigenvalue weighted by Gasteiger charge is -2.37. The van der Waals surface area contributed by atoms with E-state index in [1.807, 2.05) is 41.5 Å². The van der Waals surface area contributed by atoms with Crippen molar-refractivity contribution in [2.24, 2.45) is 39.4 Å². The van der Waals surface area contributed by atoms with Crippen LogP contribution in [0.5, 0.6) is 0 Å². The molecule has 2 rings (SSSR count). The van der Waals surface area contributed by atoms with Crippen LogP contribution in [0.4, 0.5) is 4.79 Å². The number of carboxylic acids is 1. The molecule has 0 aromatic rings. The molecule has 48 heavy (non-hydrogen) atoms. The summed E-state index contributed by atoms with van der Waals surface area (Å²) in [5.41, 5.74) is -3.34. The number of amides is 4. The quantitative estimate of drug-likeness (QED) is 0.174. The number of hydrogen-bond donors (Lipinski definition) is 5. The minimum Gasteiger partial charge on any atom is -0.481 e. The van der Waals surface area contributed by atoms with Gasteiger partial charge in [0.05, 0.1) is 17.4 Å². The summed E-state index contributed by atoms with van der Waals surface area (Å²) in [4.78, 5) is 81.1. The number of carboxylic acid groups (broad SMARTS) is 1. The lowest BCUT2D eigenvalue weighted by Crippen LogP contribution is -2.60. The second kappa shape index (κ2) is 16.2. The zero-order chi connectivity index (χ0) is 36.8. The molecule has 274 valence electrons. The number of carbonyl (C=O) groups is 6. The fourth-order valence-electron chi connectivity index (χ4n) is 7.02. The van der Waals surface area contributed by atoms with Gasteiger partial charge >= 0.3 is 12.0 Å². The van der Waals surface area contributed by atoms with Crippen LogP contribution in [-0.2, 0) is 24.0 Å². The van der Waals surface area contributed by atoms with Crippen LogP contribution in [0, 0.1) is 39.4 Å². The number of ketones is 2. The molecular formula is C37H64N4O7. The third kappa shape index (κ3) is 11.3. The van der Waals surface area contributed by atoms with E-state index in [2.05, 4.69) is 35.1 Å². The van der Waals surface area contributed by atoms with Gasteiger partial charge in [0.15, 0.2) is 5.78 Å². The van der Waals surface area contributed by atoms with E-state index < -0.39 is 63.8 Å². The second-order valence-electron chi connectivity index (χ2n) is 18.0. The Labute approximate surface area is 288 Å². The summed E-state index contributed by atoms with van der Waals surface area (Å²) in [7, 11) is 0. The fraction of sp³-hybridized carbons (Fsp3) is 0.838. The van der Waals surface area contributed by atoms with E-state index in [0.717, 1.165) is 19.3 Å². The monoisotopic (exact) mass is 676 g/mol. The van der Waals surface area contributed by atoms with Gasteiger partial charge in [0, 0.05) is 30.8 Å². The summed E-state index contributed by atoms with van der Waals surface area (Å²) >= 11 is 0. The maximum absolute atomic E-state index is 14.1. The van der Waals surface area contributed by atoms with E-state index >= 15 is 0 Å². The van der Waals surface area contributed by atoms with Crippen LogP contribution >= 0.6 is 0 Å². The molecule has 0 aliphatic heterocycles. The summed E-state index contributed by atoms with van der Waals surface area (Å²) in [6.45, 7) is 20.9. The molecule has 5 N–H and O–H groups in total. The molecule has 6 atom stereocenters. The Hall–Kier alpha value is -2.98. The van der Waals surface area contributed by atoms with Crippen LogP contribution < -0.4 is 21.3 Å². The second-order valence-corrected chi connectivity index (χ2v) is 18.0. The number of rotatable bonds is 13. The minimum absolute atomic E-state index is 0.0316. The van der Waals surface area contributed by atoms with Gasteiger partial charge in [0.2, 0.25) is 11.8 Å². The highest BCUT2D eigenvalue weighted by Gasteiger charge is 2.52. The lowest BCUT2D eigenvalue weighted by atomic mass is 9.76. The highest BCUT2D eigenvalue weighted by atomic mass is 16.4. The van der Waals surface area contributed by atoms with Crippen LogP contribution in [0.15, 0.2) is 0 Å². The largest absolute Gasteiger partial charge is 0.481 e. The molecule has 0 heterocycles. The van der Waals surface area contributed by atoms with Gasteiger partial charge in [-0.25, -0.2) is 4.79 Å². The Bertz CT molecular complexity index is 1180. The minimum atomic E-state index is -1.51. The number of urea groups is 1. The SMILES string of the molecule is C[C@@H]1CCC[C@H](C)C1NC(=O)N[C@H](C(=O)C[C@H](CC(=O)C(C)(C)C)C(=O)N[C@H](C(=O)NCC(C)(C)C)C1(C(=O)O)CCCC1)C(C)(C)C. The maximum atomic E-state index is 14.1. The number of nitrogens with one attached hydrogen (secondary N) is 4. The lowest BCUT2D eigenvalue weighted by molar-refractivity contribution is -0.155. The highest BCUT2D eigenvalue weighted by molar-refractivity contribution is 5.98. The smallest absolute Gasteiger partial charge is 0.315 e. The Morgan fingerprint density at radius 3 is 1.77 bits per heavy atom. The Morgan fingerprint density at radius 1 is 0.771 bits per heavy atom.